The normalized spacial score (nSPS) is 10.7. The molecule has 0 spiro atoms. The average Bonchev–Trinajstić information content (AvgIpc) is 2.54. The number of hydrogen-bond acceptors (Lipinski definition) is 4. The minimum absolute atomic E-state index is 0.168. The highest BCUT2D eigenvalue weighted by molar-refractivity contribution is 7.99. The van der Waals surface area contributed by atoms with Crippen molar-refractivity contribution in [3.8, 4) is 0 Å². The first-order valence-corrected chi connectivity index (χ1v) is 9.18. The van der Waals surface area contributed by atoms with E-state index in [0.29, 0.717) is 6.42 Å². The van der Waals surface area contributed by atoms with Gasteiger partial charge in [-0.3, -0.25) is 4.79 Å². The fraction of sp³-hybridized carbons (Fsp3) is 0.421. The number of carbonyl (C=O) groups excluding carboxylic acids is 1. The van der Waals surface area contributed by atoms with Gasteiger partial charge in [0.05, 0.1) is 0 Å². The zero-order valence-corrected chi connectivity index (χ0v) is 15.7. The van der Waals surface area contributed by atoms with Crippen LogP contribution in [0.1, 0.15) is 44.0 Å². The number of amides is 1. The molecule has 0 N–H and O–H groups in total. The van der Waals surface area contributed by atoms with Crippen LogP contribution in [0.2, 0.25) is 0 Å². The first-order valence-electron chi connectivity index (χ1n) is 8.36. The van der Waals surface area contributed by atoms with Crippen LogP contribution in [0.3, 0.4) is 0 Å². The Labute approximate surface area is 148 Å². The molecule has 128 valence electrons. The summed E-state index contributed by atoms with van der Waals surface area (Å²) in [6.07, 6.45) is 3.80. The van der Waals surface area contributed by atoms with E-state index in [9.17, 15) is 4.79 Å². The van der Waals surface area contributed by atoms with Gasteiger partial charge in [0.25, 0.3) is 0 Å². The summed E-state index contributed by atoms with van der Waals surface area (Å²) in [5, 5.41) is 0.754. The second-order valence-electron chi connectivity index (χ2n) is 5.94. The van der Waals surface area contributed by atoms with E-state index in [-0.39, 0.29) is 5.91 Å². The summed E-state index contributed by atoms with van der Waals surface area (Å²) in [5.74, 6) is 0.168. The molecule has 0 unspecified atom stereocenters. The van der Waals surface area contributed by atoms with E-state index >= 15 is 0 Å². The van der Waals surface area contributed by atoms with Gasteiger partial charge in [-0.2, -0.15) is 0 Å². The molecular weight excluding hydrogens is 318 g/mol. The third-order valence-electron chi connectivity index (χ3n) is 3.76. The Morgan fingerprint density at radius 1 is 1.08 bits per heavy atom. The Hall–Kier alpha value is -1.88. The summed E-state index contributed by atoms with van der Waals surface area (Å²) in [4.78, 5) is 23.9. The molecule has 0 bridgehead atoms. The third kappa shape index (κ3) is 5.34. The minimum Gasteiger partial charge on any atom is -0.316 e. The number of carbonyl (C=O) groups is 1. The Morgan fingerprint density at radius 2 is 1.71 bits per heavy atom. The molecule has 24 heavy (non-hydrogen) atoms. The maximum Gasteiger partial charge on any atom is 0.226 e. The molecule has 1 amide bonds. The van der Waals surface area contributed by atoms with Crippen LogP contribution in [-0.2, 0) is 4.79 Å². The van der Waals surface area contributed by atoms with Crippen LogP contribution in [0.25, 0.3) is 0 Å². The fourth-order valence-electron chi connectivity index (χ4n) is 2.42. The summed E-state index contributed by atoms with van der Waals surface area (Å²) in [7, 11) is 1.84. The number of hydrogen-bond donors (Lipinski definition) is 0. The number of rotatable bonds is 7. The van der Waals surface area contributed by atoms with E-state index in [1.807, 2.05) is 51.2 Å². The van der Waals surface area contributed by atoms with Gasteiger partial charge in [0.15, 0.2) is 5.16 Å². The smallest absolute Gasteiger partial charge is 0.226 e. The summed E-state index contributed by atoms with van der Waals surface area (Å²) in [6, 6.07) is 9.94. The Bertz CT molecular complexity index is 665. The zero-order chi connectivity index (χ0) is 17.5. The molecule has 1 heterocycles. The fourth-order valence-corrected chi connectivity index (χ4v) is 3.28. The largest absolute Gasteiger partial charge is 0.316 e. The number of aromatic nitrogens is 2. The minimum atomic E-state index is 0.168. The monoisotopic (exact) mass is 343 g/mol. The molecule has 1 aromatic carbocycles. The van der Waals surface area contributed by atoms with Crippen molar-refractivity contribution >= 4 is 23.4 Å². The van der Waals surface area contributed by atoms with E-state index in [1.165, 1.54) is 11.8 Å². The van der Waals surface area contributed by atoms with Crippen molar-refractivity contribution in [1.29, 1.82) is 0 Å². The summed E-state index contributed by atoms with van der Waals surface area (Å²) in [5.41, 5.74) is 2.86. The molecule has 0 aliphatic rings. The highest BCUT2D eigenvalue weighted by Crippen LogP contribution is 2.27. The summed E-state index contributed by atoms with van der Waals surface area (Å²) >= 11 is 1.54. The van der Waals surface area contributed by atoms with Crippen LogP contribution >= 0.6 is 11.8 Å². The molecule has 0 saturated carbocycles. The van der Waals surface area contributed by atoms with Gasteiger partial charge in [0.2, 0.25) is 5.91 Å². The van der Waals surface area contributed by atoms with Crippen LogP contribution in [-0.4, -0.2) is 22.9 Å². The van der Waals surface area contributed by atoms with Gasteiger partial charge in [-0.25, -0.2) is 9.97 Å². The highest BCUT2D eigenvalue weighted by Gasteiger charge is 2.11. The molecule has 0 fully saturated rings. The van der Waals surface area contributed by atoms with Crippen LogP contribution in [0.5, 0.6) is 0 Å². The topological polar surface area (TPSA) is 46.1 Å². The molecule has 0 aliphatic carbocycles. The van der Waals surface area contributed by atoms with Gasteiger partial charge in [-0.1, -0.05) is 19.8 Å². The van der Waals surface area contributed by atoms with E-state index in [2.05, 4.69) is 16.9 Å². The van der Waals surface area contributed by atoms with E-state index in [4.69, 9.17) is 0 Å². The average molecular weight is 343 g/mol. The second-order valence-corrected chi connectivity index (χ2v) is 6.98. The summed E-state index contributed by atoms with van der Waals surface area (Å²) < 4.78 is 0. The first-order chi connectivity index (χ1) is 11.5. The van der Waals surface area contributed by atoms with E-state index < -0.39 is 0 Å². The molecule has 2 rings (SSSR count). The van der Waals surface area contributed by atoms with Gasteiger partial charge in [-0.05, 0) is 62.4 Å². The lowest BCUT2D eigenvalue weighted by atomic mass is 10.2. The van der Waals surface area contributed by atoms with Crippen molar-refractivity contribution in [1.82, 2.24) is 9.97 Å². The molecule has 0 atom stereocenters. The van der Waals surface area contributed by atoms with Crippen molar-refractivity contribution in [3.63, 3.8) is 0 Å². The number of anilines is 1. The Morgan fingerprint density at radius 3 is 2.29 bits per heavy atom. The molecular formula is C19H25N3OS. The van der Waals surface area contributed by atoms with Crippen LogP contribution in [0.4, 0.5) is 5.69 Å². The molecule has 0 radical (unpaired) electrons. The van der Waals surface area contributed by atoms with Crippen LogP contribution in [0.15, 0.2) is 40.4 Å². The maximum atomic E-state index is 12.2. The van der Waals surface area contributed by atoms with Crippen molar-refractivity contribution < 1.29 is 4.79 Å². The first kappa shape index (κ1) is 18.5. The quantitative estimate of drug-likeness (QED) is 0.536. The lowest BCUT2D eigenvalue weighted by Crippen LogP contribution is -2.25. The zero-order valence-electron chi connectivity index (χ0n) is 14.9. The molecule has 0 aliphatic heterocycles. The summed E-state index contributed by atoms with van der Waals surface area (Å²) in [6.45, 7) is 6.09. The maximum absolute atomic E-state index is 12.2. The molecule has 1 aromatic heterocycles. The lowest BCUT2D eigenvalue weighted by molar-refractivity contribution is -0.118. The molecule has 4 nitrogen and oxygen atoms in total. The predicted molar refractivity (Wildman–Crippen MR) is 99.6 cm³/mol. The number of nitrogens with zero attached hydrogens (tertiary/aromatic N) is 3. The Balaban J connectivity index is 2.00. The Kier molecular flexibility index (Phi) is 6.79. The molecule has 0 saturated heterocycles. The lowest BCUT2D eigenvalue weighted by Gasteiger charge is -2.17. The van der Waals surface area contributed by atoms with Crippen molar-refractivity contribution in [3.05, 3.63) is 41.7 Å². The number of benzene rings is 1. The van der Waals surface area contributed by atoms with Gasteiger partial charge in [-0.15, -0.1) is 0 Å². The van der Waals surface area contributed by atoms with Crippen molar-refractivity contribution in [2.24, 2.45) is 0 Å². The molecule has 5 heteroatoms. The molecule has 2 aromatic rings. The van der Waals surface area contributed by atoms with Gasteiger partial charge < -0.3 is 4.90 Å². The van der Waals surface area contributed by atoms with Crippen molar-refractivity contribution in [2.45, 2.75) is 56.5 Å². The van der Waals surface area contributed by atoms with Crippen LogP contribution in [0, 0.1) is 13.8 Å². The third-order valence-corrected chi connectivity index (χ3v) is 4.64. The highest BCUT2D eigenvalue weighted by atomic mass is 32.2. The second kappa shape index (κ2) is 8.83. The van der Waals surface area contributed by atoms with Gasteiger partial charge in [0.1, 0.15) is 0 Å². The standard InChI is InChI=1S/C19H25N3OS/c1-5-6-7-8-18(23)22(4)16-9-11-17(12-10-16)24-19-20-14(2)13-15(3)21-19/h9-13H,5-8H2,1-4H3. The van der Waals surface area contributed by atoms with Gasteiger partial charge in [0, 0.05) is 35.4 Å². The van der Waals surface area contributed by atoms with E-state index in [1.54, 1.807) is 4.90 Å². The predicted octanol–water partition coefficient (Wildman–Crippen LogP) is 4.79. The van der Waals surface area contributed by atoms with E-state index in [0.717, 1.165) is 46.4 Å². The van der Waals surface area contributed by atoms with Crippen LogP contribution < -0.4 is 4.90 Å². The number of unbranched alkanes of at least 4 members (excludes halogenated alkanes) is 2. The number of aryl methyl sites for hydroxylation is 2. The SMILES string of the molecule is CCCCCC(=O)N(C)c1ccc(Sc2nc(C)cc(C)n2)cc1. The van der Waals surface area contributed by atoms with Gasteiger partial charge >= 0.3 is 0 Å². The van der Waals surface area contributed by atoms with Crippen molar-refractivity contribution in [2.75, 3.05) is 11.9 Å².